The SMILES string of the molecule is S/C=C/C=C/C=C/C=C/S. The van der Waals surface area contributed by atoms with Crippen LogP contribution in [0, 0.1) is 0 Å². The van der Waals surface area contributed by atoms with Crippen molar-refractivity contribution < 1.29 is 0 Å². The van der Waals surface area contributed by atoms with Crippen molar-refractivity contribution in [1.29, 1.82) is 0 Å². The Hall–Kier alpha value is -0.340. The Bertz CT molecular complexity index is 144. The molecule has 0 aliphatic rings. The van der Waals surface area contributed by atoms with Crippen LogP contribution in [-0.2, 0) is 0 Å². The van der Waals surface area contributed by atoms with Gasteiger partial charge in [0.15, 0.2) is 0 Å². The first kappa shape index (κ1) is 9.66. The molecule has 0 saturated carbocycles. The zero-order valence-electron chi connectivity index (χ0n) is 5.51. The predicted molar refractivity (Wildman–Crippen MR) is 54.5 cm³/mol. The molecule has 0 bridgehead atoms. The van der Waals surface area contributed by atoms with E-state index in [0.29, 0.717) is 0 Å². The first-order valence-corrected chi connectivity index (χ1v) is 3.88. The van der Waals surface area contributed by atoms with E-state index in [1.54, 1.807) is 10.8 Å². The summed E-state index contributed by atoms with van der Waals surface area (Å²) in [5, 5.41) is 3.36. The highest BCUT2D eigenvalue weighted by atomic mass is 32.1. The van der Waals surface area contributed by atoms with Crippen LogP contribution in [0.15, 0.2) is 47.3 Å². The molecule has 0 N–H and O–H groups in total. The molecular formula is C8H10S2. The molecule has 2 heteroatoms. The van der Waals surface area contributed by atoms with Crippen molar-refractivity contribution in [2.75, 3.05) is 0 Å². The minimum absolute atomic E-state index is 1.68. The molecule has 0 aliphatic heterocycles. The minimum Gasteiger partial charge on any atom is -0.151 e. The third-order valence-electron chi connectivity index (χ3n) is 0.728. The standard InChI is InChI=1S/C8H10S2/c9-7-5-3-1-2-4-6-8-10/h1-10H/b3-1+,4-2+,7-5+,8-6+. The van der Waals surface area contributed by atoms with Crippen molar-refractivity contribution in [1.82, 2.24) is 0 Å². The summed E-state index contributed by atoms with van der Waals surface area (Å²) in [5.41, 5.74) is 0. The van der Waals surface area contributed by atoms with Crippen molar-refractivity contribution in [3.8, 4) is 0 Å². The Kier molecular flexibility index (Phi) is 8.37. The lowest BCUT2D eigenvalue weighted by atomic mass is 10.4. The molecule has 0 saturated heterocycles. The summed E-state index contributed by atoms with van der Waals surface area (Å²) in [5.74, 6) is 0. The van der Waals surface area contributed by atoms with Crippen molar-refractivity contribution in [2.24, 2.45) is 0 Å². The number of allylic oxidation sites excluding steroid dienone is 6. The van der Waals surface area contributed by atoms with Crippen LogP contribution in [0.3, 0.4) is 0 Å². The Morgan fingerprint density at radius 3 is 1.10 bits per heavy atom. The first-order chi connectivity index (χ1) is 4.91. The van der Waals surface area contributed by atoms with Gasteiger partial charge in [-0.1, -0.05) is 36.5 Å². The molecular weight excluding hydrogens is 160 g/mol. The van der Waals surface area contributed by atoms with Crippen LogP contribution >= 0.6 is 25.3 Å². The van der Waals surface area contributed by atoms with E-state index in [-0.39, 0.29) is 0 Å². The highest BCUT2D eigenvalue weighted by molar-refractivity contribution is 7.83. The largest absolute Gasteiger partial charge is 0.151 e. The van der Waals surface area contributed by atoms with Crippen molar-refractivity contribution in [3.63, 3.8) is 0 Å². The van der Waals surface area contributed by atoms with Gasteiger partial charge >= 0.3 is 0 Å². The molecule has 0 fully saturated rings. The molecule has 0 heterocycles. The molecule has 0 aromatic rings. The van der Waals surface area contributed by atoms with Gasteiger partial charge in [-0.3, -0.25) is 0 Å². The van der Waals surface area contributed by atoms with Crippen LogP contribution in [0.25, 0.3) is 0 Å². The van der Waals surface area contributed by atoms with Crippen LogP contribution in [-0.4, -0.2) is 0 Å². The van der Waals surface area contributed by atoms with Crippen molar-refractivity contribution >= 4 is 25.3 Å². The molecule has 0 aliphatic carbocycles. The Morgan fingerprint density at radius 1 is 0.500 bits per heavy atom. The summed E-state index contributed by atoms with van der Waals surface area (Å²) in [6.07, 6.45) is 11.3. The quantitative estimate of drug-likeness (QED) is 0.472. The molecule has 0 unspecified atom stereocenters. The Morgan fingerprint density at radius 2 is 0.800 bits per heavy atom. The van der Waals surface area contributed by atoms with Gasteiger partial charge in [0.1, 0.15) is 0 Å². The highest BCUT2D eigenvalue weighted by Gasteiger charge is 1.59. The average molecular weight is 170 g/mol. The molecule has 54 valence electrons. The fourth-order valence-corrected chi connectivity index (χ4v) is 0.555. The van der Waals surface area contributed by atoms with Gasteiger partial charge in [-0.15, -0.1) is 0 Å². The third kappa shape index (κ3) is 7.66. The lowest BCUT2D eigenvalue weighted by Crippen LogP contribution is -1.47. The smallest absolute Gasteiger partial charge is 0.0324 e. The van der Waals surface area contributed by atoms with Gasteiger partial charge in [0.2, 0.25) is 0 Å². The van der Waals surface area contributed by atoms with Crippen LogP contribution in [0.2, 0.25) is 0 Å². The van der Waals surface area contributed by atoms with Gasteiger partial charge in [0.05, 0.1) is 0 Å². The Balaban J connectivity index is 3.51. The van der Waals surface area contributed by atoms with E-state index in [2.05, 4.69) is 25.3 Å². The minimum atomic E-state index is 1.68. The monoisotopic (exact) mass is 170 g/mol. The van der Waals surface area contributed by atoms with Crippen molar-refractivity contribution in [3.05, 3.63) is 47.3 Å². The average Bonchev–Trinajstić information content (AvgIpc) is 1.97. The van der Waals surface area contributed by atoms with E-state index in [1.807, 2.05) is 36.5 Å². The van der Waals surface area contributed by atoms with E-state index in [4.69, 9.17) is 0 Å². The van der Waals surface area contributed by atoms with Gasteiger partial charge in [-0.2, -0.15) is 25.3 Å². The normalized spacial score (nSPS) is 13.4. The lowest BCUT2D eigenvalue weighted by Gasteiger charge is -1.70. The molecule has 10 heavy (non-hydrogen) atoms. The van der Waals surface area contributed by atoms with Crippen LogP contribution in [0.4, 0.5) is 0 Å². The number of thiol groups is 2. The number of hydrogen-bond donors (Lipinski definition) is 2. The molecule has 0 aromatic carbocycles. The van der Waals surface area contributed by atoms with Gasteiger partial charge < -0.3 is 0 Å². The van der Waals surface area contributed by atoms with Gasteiger partial charge in [0.25, 0.3) is 0 Å². The second-order valence-corrected chi connectivity index (χ2v) is 2.05. The fourth-order valence-electron chi connectivity index (χ4n) is 0.356. The molecule has 0 spiro atoms. The van der Waals surface area contributed by atoms with E-state index in [9.17, 15) is 0 Å². The zero-order chi connectivity index (χ0) is 7.66. The molecule has 0 aromatic heterocycles. The van der Waals surface area contributed by atoms with Crippen LogP contribution in [0.1, 0.15) is 0 Å². The van der Waals surface area contributed by atoms with Gasteiger partial charge in [-0.05, 0) is 10.8 Å². The maximum atomic E-state index is 3.88. The maximum absolute atomic E-state index is 3.88. The summed E-state index contributed by atoms with van der Waals surface area (Å²) in [7, 11) is 0. The molecule has 0 atom stereocenters. The topological polar surface area (TPSA) is 0 Å². The number of rotatable bonds is 3. The second kappa shape index (κ2) is 8.66. The van der Waals surface area contributed by atoms with E-state index in [0.717, 1.165) is 0 Å². The van der Waals surface area contributed by atoms with Crippen LogP contribution in [0.5, 0.6) is 0 Å². The molecule has 0 rings (SSSR count). The first-order valence-electron chi connectivity index (χ1n) is 2.85. The summed E-state index contributed by atoms with van der Waals surface area (Å²) < 4.78 is 0. The van der Waals surface area contributed by atoms with E-state index >= 15 is 0 Å². The summed E-state index contributed by atoms with van der Waals surface area (Å²) in [6, 6.07) is 0. The predicted octanol–water partition coefficient (Wildman–Crippen LogP) is 2.99. The molecule has 0 radical (unpaired) electrons. The molecule has 0 amide bonds. The van der Waals surface area contributed by atoms with E-state index in [1.165, 1.54) is 0 Å². The van der Waals surface area contributed by atoms with Gasteiger partial charge in [-0.25, -0.2) is 0 Å². The summed E-state index contributed by atoms with van der Waals surface area (Å²) in [4.78, 5) is 0. The van der Waals surface area contributed by atoms with Crippen molar-refractivity contribution in [2.45, 2.75) is 0 Å². The highest BCUT2D eigenvalue weighted by Crippen LogP contribution is 1.84. The van der Waals surface area contributed by atoms with Crippen LogP contribution < -0.4 is 0 Å². The zero-order valence-corrected chi connectivity index (χ0v) is 7.30. The summed E-state index contributed by atoms with van der Waals surface area (Å²) in [6.45, 7) is 0. The third-order valence-corrected chi connectivity index (χ3v) is 1.07. The fraction of sp³-hybridized carbons (Fsp3) is 0. The van der Waals surface area contributed by atoms with E-state index < -0.39 is 0 Å². The Labute approximate surface area is 72.8 Å². The molecule has 0 nitrogen and oxygen atoms in total. The second-order valence-electron chi connectivity index (χ2n) is 1.45. The maximum Gasteiger partial charge on any atom is -0.0324 e. The van der Waals surface area contributed by atoms with Gasteiger partial charge in [0, 0.05) is 0 Å². The summed E-state index contributed by atoms with van der Waals surface area (Å²) >= 11 is 7.76. The number of hydrogen-bond acceptors (Lipinski definition) is 2. The lowest BCUT2D eigenvalue weighted by molar-refractivity contribution is 1.90.